The Morgan fingerprint density at radius 3 is 2.86 bits per heavy atom. The van der Waals surface area contributed by atoms with Gasteiger partial charge in [0.15, 0.2) is 5.78 Å². The average molecular weight is 194 g/mol. The van der Waals surface area contributed by atoms with E-state index in [0.29, 0.717) is 23.7 Å². The summed E-state index contributed by atoms with van der Waals surface area (Å²) in [6.07, 6.45) is 4.61. The molecule has 14 heavy (non-hydrogen) atoms. The van der Waals surface area contributed by atoms with E-state index in [1.54, 1.807) is 6.08 Å². The predicted molar refractivity (Wildman–Crippen MR) is 54.8 cm³/mol. The van der Waals surface area contributed by atoms with Crippen molar-refractivity contribution >= 4 is 5.78 Å². The molecule has 0 amide bonds. The number of carbonyl (C=O) groups is 1. The molecule has 2 heteroatoms. The molecule has 0 aromatic carbocycles. The second-order valence-electron chi connectivity index (χ2n) is 5.49. The van der Waals surface area contributed by atoms with E-state index in [-0.39, 0.29) is 12.4 Å². The van der Waals surface area contributed by atoms with E-state index in [2.05, 4.69) is 13.8 Å². The number of hydrogen-bond acceptors (Lipinski definition) is 2. The van der Waals surface area contributed by atoms with Gasteiger partial charge in [0.2, 0.25) is 0 Å². The van der Waals surface area contributed by atoms with E-state index in [4.69, 9.17) is 0 Å². The van der Waals surface area contributed by atoms with Crippen molar-refractivity contribution in [2.45, 2.75) is 33.1 Å². The minimum atomic E-state index is 0.0585. The zero-order chi connectivity index (χ0) is 10.3. The molecule has 2 nitrogen and oxygen atoms in total. The van der Waals surface area contributed by atoms with Crippen LogP contribution < -0.4 is 0 Å². The summed E-state index contributed by atoms with van der Waals surface area (Å²) < 4.78 is 0. The standard InChI is InChI=1S/C12H18O2/c1-12(2)5-8-3-10(14)4-9(7-13)11(8)6-12/h4,8,11,13H,3,5-7H2,1-2H3/t8-,11+/m1/s1. The lowest BCUT2D eigenvalue weighted by Crippen LogP contribution is -2.22. The van der Waals surface area contributed by atoms with Crippen LogP contribution in [0.15, 0.2) is 11.6 Å². The summed E-state index contributed by atoms with van der Waals surface area (Å²) in [5.41, 5.74) is 1.31. The molecular weight excluding hydrogens is 176 g/mol. The van der Waals surface area contributed by atoms with Gasteiger partial charge < -0.3 is 5.11 Å². The Kier molecular flexibility index (Phi) is 2.26. The Balaban J connectivity index is 2.25. The van der Waals surface area contributed by atoms with Gasteiger partial charge in [-0.1, -0.05) is 13.8 Å². The molecule has 1 saturated carbocycles. The first-order chi connectivity index (χ1) is 6.52. The molecule has 0 saturated heterocycles. The van der Waals surface area contributed by atoms with Crippen molar-refractivity contribution in [3.05, 3.63) is 11.6 Å². The summed E-state index contributed by atoms with van der Waals surface area (Å²) in [7, 11) is 0. The van der Waals surface area contributed by atoms with E-state index < -0.39 is 0 Å². The smallest absolute Gasteiger partial charge is 0.156 e. The summed E-state index contributed by atoms with van der Waals surface area (Å²) in [5.74, 6) is 1.16. The number of aliphatic hydroxyl groups excluding tert-OH is 1. The third kappa shape index (κ3) is 1.63. The molecule has 0 spiro atoms. The molecule has 0 aliphatic heterocycles. The maximum Gasteiger partial charge on any atom is 0.156 e. The number of ketones is 1. The fraction of sp³-hybridized carbons (Fsp3) is 0.750. The van der Waals surface area contributed by atoms with Crippen molar-refractivity contribution in [2.75, 3.05) is 6.61 Å². The summed E-state index contributed by atoms with van der Waals surface area (Å²) >= 11 is 0. The van der Waals surface area contributed by atoms with Gasteiger partial charge in [0.25, 0.3) is 0 Å². The first-order valence-corrected chi connectivity index (χ1v) is 5.36. The van der Waals surface area contributed by atoms with Crippen LogP contribution in [0, 0.1) is 17.3 Å². The van der Waals surface area contributed by atoms with Crippen LogP contribution in [0.2, 0.25) is 0 Å². The topological polar surface area (TPSA) is 37.3 Å². The second-order valence-corrected chi connectivity index (χ2v) is 5.49. The lowest BCUT2D eigenvalue weighted by atomic mass is 9.80. The Morgan fingerprint density at radius 1 is 1.50 bits per heavy atom. The van der Waals surface area contributed by atoms with Crippen molar-refractivity contribution in [2.24, 2.45) is 17.3 Å². The minimum Gasteiger partial charge on any atom is -0.392 e. The first-order valence-electron chi connectivity index (χ1n) is 5.36. The highest BCUT2D eigenvalue weighted by molar-refractivity contribution is 5.91. The number of aliphatic hydroxyl groups is 1. The van der Waals surface area contributed by atoms with Crippen molar-refractivity contribution in [3.63, 3.8) is 0 Å². The molecule has 1 fully saturated rings. The van der Waals surface area contributed by atoms with Gasteiger partial charge in [-0.05, 0) is 41.7 Å². The van der Waals surface area contributed by atoms with Gasteiger partial charge in [0.05, 0.1) is 6.61 Å². The van der Waals surface area contributed by atoms with E-state index in [1.807, 2.05) is 0 Å². The fourth-order valence-corrected chi connectivity index (χ4v) is 3.14. The SMILES string of the molecule is CC1(C)C[C@H]2CC(=O)C=C(CO)[C@H]2C1. The van der Waals surface area contributed by atoms with E-state index >= 15 is 0 Å². The van der Waals surface area contributed by atoms with Gasteiger partial charge in [-0.15, -0.1) is 0 Å². The summed E-state index contributed by atoms with van der Waals surface area (Å²) in [6, 6.07) is 0. The lowest BCUT2D eigenvalue weighted by Gasteiger charge is -2.24. The maximum absolute atomic E-state index is 11.4. The van der Waals surface area contributed by atoms with E-state index in [1.165, 1.54) is 0 Å². The van der Waals surface area contributed by atoms with Crippen LogP contribution in [-0.2, 0) is 4.79 Å². The molecule has 0 aromatic heterocycles. The van der Waals surface area contributed by atoms with Crippen LogP contribution in [-0.4, -0.2) is 17.5 Å². The van der Waals surface area contributed by atoms with Crippen molar-refractivity contribution < 1.29 is 9.90 Å². The van der Waals surface area contributed by atoms with E-state index in [0.717, 1.165) is 18.4 Å². The molecule has 0 unspecified atom stereocenters. The molecule has 0 bridgehead atoms. The summed E-state index contributed by atoms with van der Waals surface area (Å²) in [4.78, 5) is 11.4. The van der Waals surface area contributed by atoms with Crippen LogP contribution in [0.25, 0.3) is 0 Å². The van der Waals surface area contributed by atoms with Gasteiger partial charge in [-0.3, -0.25) is 4.79 Å². The highest BCUT2D eigenvalue weighted by Crippen LogP contribution is 2.50. The number of carbonyl (C=O) groups excluding carboxylic acids is 1. The van der Waals surface area contributed by atoms with Gasteiger partial charge in [0, 0.05) is 6.42 Å². The molecule has 0 heterocycles. The zero-order valence-electron chi connectivity index (χ0n) is 8.92. The van der Waals surface area contributed by atoms with E-state index in [9.17, 15) is 9.90 Å². The Morgan fingerprint density at radius 2 is 2.21 bits per heavy atom. The highest BCUT2D eigenvalue weighted by Gasteiger charge is 2.43. The molecule has 78 valence electrons. The summed E-state index contributed by atoms with van der Waals surface area (Å²) in [5, 5.41) is 9.21. The molecule has 0 aromatic rings. The largest absolute Gasteiger partial charge is 0.392 e. The molecule has 2 rings (SSSR count). The van der Waals surface area contributed by atoms with Gasteiger partial charge >= 0.3 is 0 Å². The Bertz CT molecular complexity index is 289. The Hall–Kier alpha value is -0.630. The fourth-order valence-electron chi connectivity index (χ4n) is 3.14. The maximum atomic E-state index is 11.4. The van der Waals surface area contributed by atoms with Crippen LogP contribution in [0.3, 0.4) is 0 Å². The molecular formula is C12H18O2. The van der Waals surface area contributed by atoms with Crippen LogP contribution in [0.4, 0.5) is 0 Å². The molecule has 2 aliphatic rings. The first kappa shape index (κ1) is 9.91. The van der Waals surface area contributed by atoms with Crippen LogP contribution in [0.1, 0.15) is 33.1 Å². The third-order valence-electron chi connectivity index (χ3n) is 3.62. The monoisotopic (exact) mass is 194 g/mol. The van der Waals surface area contributed by atoms with Crippen LogP contribution in [0.5, 0.6) is 0 Å². The minimum absolute atomic E-state index is 0.0585. The molecule has 2 aliphatic carbocycles. The van der Waals surface area contributed by atoms with Gasteiger partial charge in [0.1, 0.15) is 0 Å². The Labute approximate surface area is 85.0 Å². The molecule has 2 atom stereocenters. The normalized spacial score (nSPS) is 35.4. The summed E-state index contributed by atoms with van der Waals surface area (Å²) in [6.45, 7) is 4.57. The van der Waals surface area contributed by atoms with Gasteiger partial charge in [-0.25, -0.2) is 0 Å². The highest BCUT2D eigenvalue weighted by atomic mass is 16.3. The second kappa shape index (κ2) is 3.20. The van der Waals surface area contributed by atoms with Crippen molar-refractivity contribution in [1.82, 2.24) is 0 Å². The van der Waals surface area contributed by atoms with Crippen molar-refractivity contribution in [1.29, 1.82) is 0 Å². The van der Waals surface area contributed by atoms with Crippen LogP contribution >= 0.6 is 0 Å². The number of hydrogen-bond donors (Lipinski definition) is 1. The number of rotatable bonds is 1. The number of fused-ring (bicyclic) bond motifs is 1. The third-order valence-corrected chi connectivity index (χ3v) is 3.62. The number of allylic oxidation sites excluding steroid dienone is 1. The van der Waals surface area contributed by atoms with Gasteiger partial charge in [-0.2, -0.15) is 0 Å². The average Bonchev–Trinajstić information content (AvgIpc) is 2.37. The predicted octanol–water partition coefficient (Wildman–Crippen LogP) is 1.93. The zero-order valence-corrected chi connectivity index (χ0v) is 8.92. The van der Waals surface area contributed by atoms with Crippen molar-refractivity contribution in [3.8, 4) is 0 Å². The molecule has 0 radical (unpaired) electrons. The quantitative estimate of drug-likeness (QED) is 0.692. The molecule has 1 N–H and O–H groups in total. The lowest BCUT2D eigenvalue weighted by molar-refractivity contribution is -0.116.